The van der Waals surface area contributed by atoms with Gasteiger partial charge < -0.3 is 10.6 Å². The summed E-state index contributed by atoms with van der Waals surface area (Å²) < 4.78 is 0. The van der Waals surface area contributed by atoms with Gasteiger partial charge in [0.15, 0.2) is 0 Å². The van der Waals surface area contributed by atoms with Crippen LogP contribution in [-0.4, -0.2) is 19.0 Å². The Morgan fingerprint density at radius 2 is 2.00 bits per heavy atom. The summed E-state index contributed by atoms with van der Waals surface area (Å²) >= 11 is 0. The second-order valence-corrected chi connectivity index (χ2v) is 5.09. The second kappa shape index (κ2) is 5.89. The molecule has 1 aromatic rings. The number of carbonyl (C=O) groups is 1. The van der Waals surface area contributed by atoms with E-state index in [-0.39, 0.29) is 5.91 Å². The van der Waals surface area contributed by atoms with E-state index in [1.54, 1.807) is 7.05 Å². The van der Waals surface area contributed by atoms with Crippen LogP contribution in [0, 0.1) is 5.92 Å². The molecule has 18 heavy (non-hydrogen) atoms. The van der Waals surface area contributed by atoms with E-state index in [9.17, 15) is 4.79 Å². The molecule has 0 spiro atoms. The maximum atomic E-state index is 11.4. The van der Waals surface area contributed by atoms with E-state index in [4.69, 9.17) is 0 Å². The predicted octanol–water partition coefficient (Wildman–Crippen LogP) is 3.04. The maximum absolute atomic E-state index is 11.4. The summed E-state index contributed by atoms with van der Waals surface area (Å²) in [7, 11) is 1.65. The third-order valence-electron chi connectivity index (χ3n) is 3.86. The molecule has 0 radical (unpaired) electrons. The van der Waals surface area contributed by atoms with Gasteiger partial charge in [0.25, 0.3) is 5.91 Å². The Morgan fingerprint density at radius 3 is 2.56 bits per heavy atom. The zero-order valence-electron chi connectivity index (χ0n) is 11.2. The highest BCUT2D eigenvalue weighted by atomic mass is 16.1. The molecule has 0 saturated heterocycles. The summed E-state index contributed by atoms with van der Waals surface area (Å²) in [5, 5.41) is 6.19. The number of hydrogen-bond acceptors (Lipinski definition) is 2. The molecular formula is C15H22N2O. The third-order valence-corrected chi connectivity index (χ3v) is 3.86. The van der Waals surface area contributed by atoms with E-state index < -0.39 is 0 Å². The van der Waals surface area contributed by atoms with Crippen molar-refractivity contribution in [3.8, 4) is 0 Å². The van der Waals surface area contributed by atoms with Crippen molar-refractivity contribution in [3.63, 3.8) is 0 Å². The second-order valence-electron chi connectivity index (χ2n) is 5.09. The minimum atomic E-state index is -0.0338. The molecule has 0 aliphatic heterocycles. The van der Waals surface area contributed by atoms with E-state index in [2.05, 4.69) is 17.6 Å². The largest absolute Gasteiger partial charge is 0.382 e. The molecule has 1 aromatic carbocycles. The van der Waals surface area contributed by atoms with Crippen molar-refractivity contribution in [2.75, 3.05) is 12.4 Å². The van der Waals surface area contributed by atoms with Crippen molar-refractivity contribution in [1.82, 2.24) is 5.32 Å². The molecule has 1 aliphatic carbocycles. The number of benzene rings is 1. The molecule has 3 heteroatoms. The lowest BCUT2D eigenvalue weighted by molar-refractivity contribution is 0.0963. The summed E-state index contributed by atoms with van der Waals surface area (Å²) in [6.45, 7) is 2.27. The molecule has 98 valence electrons. The fourth-order valence-corrected chi connectivity index (χ4v) is 2.67. The first kappa shape index (κ1) is 12.9. The fourth-order valence-electron chi connectivity index (χ4n) is 2.67. The van der Waals surface area contributed by atoms with E-state index in [0.29, 0.717) is 11.6 Å². The minimum Gasteiger partial charge on any atom is -0.382 e. The molecule has 1 amide bonds. The molecule has 1 aliphatic rings. The van der Waals surface area contributed by atoms with Crippen LogP contribution in [0.1, 0.15) is 43.0 Å². The first-order chi connectivity index (χ1) is 8.72. The van der Waals surface area contributed by atoms with Crippen LogP contribution in [0.2, 0.25) is 0 Å². The van der Waals surface area contributed by atoms with Gasteiger partial charge in [0.1, 0.15) is 0 Å². The number of anilines is 1. The fraction of sp³-hybridized carbons (Fsp3) is 0.533. The van der Waals surface area contributed by atoms with Gasteiger partial charge in [-0.2, -0.15) is 0 Å². The van der Waals surface area contributed by atoms with Gasteiger partial charge in [-0.25, -0.2) is 0 Å². The summed E-state index contributed by atoms with van der Waals surface area (Å²) in [5.74, 6) is 0.848. The van der Waals surface area contributed by atoms with Crippen molar-refractivity contribution < 1.29 is 4.79 Å². The lowest BCUT2D eigenvalue weighted by Gasteiger charge is -2.14. The van der Waals surface area contributed by atoms with E-state index in [0.717, 1.165) is 11.6 Å². The summed E-state index contributed by atoms with van der Waals surface area (Å²) in [4.78, 5) is 11.4. The Kier molecular flexibility index (Phi) is 4.24. The van der Waals surface area contributed by atoms with Crippen LogP contribution in [-0.2, 0) is 0 Å². The van der Waals surface area contributed by atoms with E-state index >= 15 is 0 Å². The molecule has 1 fully saturated rings. The van der Waals surface area contributed by atoms with E-state index in [1.165, 1.54) is 25.7 Å². The molecule has 3 nitrogen and oxygen atoms in total. The third kappa shape index (κ3) is 3.03. The molecule has 0 bridgehead atoms. The maximum Gasteiger partial charge on any atom is 0.251 e. The molecular weight excluding hydrogens is 224 g/mol. The lowest BCUT2D eigenvalue weighted by atomic mass is 10.1. The van der Waals surface area contributed by atoms with Crippen LogP contribution in [0.3, 0.4) is 0 Å². The highest BCUT2D eigenvalue weighted by Crippen LogP contribution is 2.30. The van der Waals surface area contributed by atoms with Crippen LogP contribution in [0.4, 0.5) is 5.69 Å². The van der Waals surface area contributed by atoms with Gasteiger partial charge in [-0.15, -0.1) is 0 Å². The van der Waals surface area contributed by atoms with Crippen molar-refractivity contribution >= 4 is 11.6 Å². The molecule has 0 heterocycles. The Morgan fingerprint density at radius 1 is 1.28 bits per heavy atom. The van der Waals surface area contributed by atoms with Crippen LogP contribution in [0.15, 0.2) is 24.3 Å². The monoisotopic (exact) mass is 246 g/mol. The van der Waals surface area contributed by atoms with Crippen molar-refractivity contribution in [2.24, 2.45) is 5.92 Å². The van der Waals surface area contributed by atoms with Gasteiger partial charge in [-0.1, -0.05) is 13.3 Å². The Balaban J connectivity index is 1.92. The normalized spacial score (nSPS) is 22.8. The number of rotatable bonds is 4. The van der Waals surface area contributed by atoms with Crippen LogP contribution in [0.5, 0.6) is 0 Å². The average molecular weight is 246 g/mol. The summed E-state index contributed by atoms with van der Waals surface area (Å²) in [5.41, 5.74) is 1.82. The number of amides is 1. The molecule has 2 N–H and O–H groups in total. The summed E-state index contributed by atoms with van der Waals surface area (Å²) in [6.07, 6.45) is 5.15. The average Bonchev–Trinajstić information content (AvgIpc) is 2.86. The molecule has 1 saturated carbocycles. The highest BCUT2D eigenvalue weighted by molar-refractivity contribution is 5.94. The zero-order chi connectivity index (χ0) is 13.0. The van der Waals surface area contributed by atoms with Gasteiger partial charge >= 0.3 is 0 Å². The number of carbonyl (C=O) groups excluding carboxylic acids is 1. The topological polar surface area (TPSA) is 41.1 Å². The SMILES string of the molecule is CCC1CCC(Nc2ccc(C(=O)NC)cc2)C1. The first-order valence-electron chi connectivity index (χ1n) is 6.81. The van der Waals surface area contributed by atoms with Crippen molar-refractivity contribution in [2.45, 2.75) is 38.6 Å². The number of nitrogens with one attached hydrogen (secondary N) is 2. The smallest absolute Gasteiger partial charge is 0.251 e. The minimum absolute atomic E-state index is 0.0338. The van der Waals surface area contributed by atoms with Crippen molar-refractivity contribution in [3.05, 3.63) is 29.8 Å². The van der Waals surface area contributed by atoms with Gasteiger partial charge in [-0.3, -0.25) is 4.79 Å². The van der Waals surface area contributed by atoms with Gasteiger partial charge in [0, 0.05) is 24.3 Å². The molecule has 2 unspecified atom stereocenters. The Bertz CT molecular complexity index is 399. The predicted molar refractivity (Wildman–Crippen MR) is 74.9 cm³/mol. The first-order valence-corrected chi connectivity index (χ1v) is 6.81. The quantitative estimate of drug-likeness (QED) is 0.857. The van der Waals surface area contributed by atoms with Gasteiger partial charge in [0.05, 0.1) is 0 Å². The Hall–Kier alpha value is -1.51. The van der Waals surface area contributed by atoms with Gasteiger partial charge in [0.2, 0.25) is 0 Å². The molecule has 2 atom stereocenters. The standard InChI is InChI=1S/C15H22N2O/c1-3-11-4-7-14(10-11)17-13-8-5-12(6-9-13)15(18)16-2/h5-6,8-9,11,14,17H,3-4,7,10H2,1-2H3,(H,16,18). The van der Waals surface area contributed by atoms with Crippen LogP contribution in [0.25, 0.3) is 0 Å². The van der Waals surface area contributed by atoms with Gasteiger partial charge in [-0.05, 0) is 49.4 Å². The lowest BCUT2D eigenvalue weighted by Crippen LogP contribution is -2.18. The molecule has 2 rings (SSSR count). The summed E-state index contributed by atoms with van der Waals surface area (Å²) in [6, 6.07) is 8.31. The van der Waals surface area contributed by atoms with Crippen molar-refractivity contribution in [1.29, 1.82) is 0 Å². The zero-order valence-corrected chi connectivity index (χ0v) is 11.2. The van der Waals surface area contributed by atoms with E-state index in [1.807, 2.05) is 24.3 Å². The Labute approximate surface area is 109 Å². The highest BCUT2D eigenvalue weighted by Gasteiger charge is 2.22. The molecule has 0 aromatic heterocycles. The van der Waals surface area contributed by atoms with Crippen LogP contribution >= 0.6 is 0 Å². The number of hydrogen-bond donors (Lipinski definition) is 2. The van der Waals surface area contributed by atoms with Crippen LogP contribution < -0.4 is 10.6 Å².